The van der Waals surface area contributed by atoms with Crippen molar-refractivity contribution >= 4 is 54.1 Å². The topological polar surface area (TPSA) is 161 Å². The first kappa shape index (κ1) is 38.4. The summed E-state index contributed by atoms with van der Waals surface area (Å²) in [4.78, 5) is 22.6. The van der Waals surface area contributed by atoms with Gasteiger partial charge < -0.3 is 34.7 Å². The molecule has 5 unspecified atom stereocenters. The molecule has 0 spiro atoms. The molecular weight excluding hydrogens is 770 g/mol. The van der Waals surface area contributed by atoms with Crippen LogP contribution >= 0.6 is 22.7 Å². The van der Waals surface area contributed by atoms with Crippen LogP contribution in [-0.2, 0) is 37.3 Å². The molecule has 1 amide bonds. The number of alkyl halides is 1. The normalized spacial score (nSPS) is 24.6. The maximum absolute atomic E-state index is 15.4. The summed E-state index contributed by atoms with van der Waals surface area (Å²) >= 11 is 2.90. The number of halogens is 1. The van der Waals surface area contributed by atoms with E-state index in [-0.39, 0.29) is 35.5 Å². The molecule has 0 radical (unpaired) electrons. The second-order valence-electron chi connectivity index (χ2n) is 15.6. The number of nitrogens with zero attached hydrogens (tertiary/aromatic N) is 3. The Morgan fingerprint density at radius 3 is 2.67 bits per heavy atom. The maximum Gasteiger partial charge on any atom is 0.407 e. The average molecular weight is 816 g/mol. The zero-order valence-corrected chi connectivity index (χ0v) is 33.3. The number of alkyl carbamates (subject to hydrolysis) is 1. The van der Waals surface area contributed by atoms with E-state index in [9.17, 15) is 18.3 Å². The average Bonchev–Trinajstić information content (AvgIpc) is 3.57. The van der Waals surface area contributed by atoms with Crippen molar-refractivity contribution in [2.75, 3.05) is 25.0 Å². The molecule has 2 aromatic heterocycles. The summed E-state index contributed by atoms with van der Waals surface area (Å²) in [5, 5.41) is 21.6. The predicted octanol–water partition coefficient (Wildman–Crippen LogP) is 5.80. The van der Waals surface area contributed by atoms with Crippen molar-refractivity contribution in [3.8, 4) is 5.75 Å². The summed E-state index contributed by atoms with van der Waals surface area (Å²) in [5.74, 6) is 0.880. The highest BCUT2D eigenvalue weighted by atomic mass is 32.2. The number of benzene rings is 2. The van der Waals surface area contributed by atoms with E-state index >= 15 is 4.39 Å². The lowest BCUT2D eigenvalue weighted by molar-refractivity contribution is -0.153. The summed E-state index contributed by atoms with van der Waals surface area (Å²) in [5.41, 5.74) is 0.267. The summed E-state index contributed by atoms with van der Waals surface area (Å²) in [7, 11) is -4.33. The Morgan fingerprint density at radius 2 is 1.95 bits per heavy atom. The molecule has 3 bridgehead atoms. The van der Waals surface area contributed by atoms with Crippen LogP contribution in [0.4, 0.5) is 14.3 Å². The number of amides is 1. The fourth-order valence-corrected chi connectivity index (χ4v) is 10.9. The molecule has 7 atom stereocenters. The van der Waals surface area contributed by atoms with Gasteiger partial charge in [0, 0.05) is 36.3 Å². The van der Waals surface area contributed by atoms with Crippen LogP contribution in [0.2, 0.25) is 0 Å². The van der Waals surface area contributed by atoms with Crippen LogP contribution in [0.1, 0.15) is 55.8 Å². The summed E-state index contributed by atoms with van der Waals surface area (Å²) in [6.07, 6.45) is 0.496. The molecule has 4 aromatic rings. The first-order chi connectivity index (χ1) is 26.3. The van der Waals surface area contributed by atoms with Gasteiger partial charge in [0.1, 0.15) is 24.1 Å². The Kier molecular flexibility index (Phi) is 10.8. The van der Waals surface area contributed by atoms with Gasteiger partial charge in [0.15, 0.2) is 11.4 Å². The Labute approximate surface area is 327 Å². The van der Waals surface area contributed by atoms with E-state index < -0.39 is 53.1 Å². The molecule has 3 N–H and O–H groups in total. The third-order valence-electron chi connectivity index (χ3n) is 10.4. The highest BCUT2D eigenvalue weighted by molar-refractivity contribution is 7.89. The van der Waals surface area contributed by atoms with Gasteiger partial charge in [0.2, 0.25) is 10.0 Å². The van der Waals surface area contributed by atoms with Crippen molar-refractivity contribution < 1.29 is 41.7 Å². The largest absolute Gasteiger partial charge is 0.487 e. The SMILES string of the molecule is Cc1nc(COc2ccc(C[C@H](NC(=O)OC3C4COC5OC3CC5C4)[C@H](O)CN(CC(C)(C)F)S(=O)(=O)c3ccc4nc(NC5CC5)sc4c3)cc2)cs1. The molecule has 2 aliphatic heterocycles. The summed E-state index contributed by atoms with van der Waals surface area (Å²) in [6, 6.07) is 11.2. The quantitative estimate of drug-likeness (QED) is 0.125. The number of aliphatic hydroxyl groups is 1. The summed E-state index contributed by atoms with van der Waals surface area (Å²) < 4.78 is 69.2. The van der Waals surface area contributed by atoms with E-state index in [1.807, 2.05) is 24.4 Å². The minimum absolute atomic E-state index is 0.0127. The van der Waals surface area contributed by atoms with Gasteiger partial charge in [0.05, 0.1) is 50.7 Å². The molecule has 2 aliphatic carbocycles. The van der Waals surface area contributed by atoms with E-state index in [0.717, 1.165) is 46.3 Å². The van der Waals surface area contributed by atoms with Gasteiger partial charge in [-0.2, -0.15) is 4.31 Å². The lowest BCUT2D eigenvalue weighted by Gasteiger charge is -2.37. The molecule has 4 aliphatic rings. The van der Waals surface area contributed by atoms with Gasteiger partial charge in [-0.15, -0.1) is 11.3 Å². The van der Waals surface area contributed by atoms with E-state index in [0.29, 0.717) is 40.4 Å². The van der Waals surface area contributed by atoms with Gasteiger partial charge in [-0.1, -0.05) is 23.5 Å². The number of carbonyl (C=O) groups excluding carboxylic acids is 1. The number of thiazole rings is 2. The van der Waals surface area contributed by atoms with Gasteiger partial charge >= 0.3 is 6.09 Å². The smallest absolute Gasteiger partial charge is 0.407 e. The highest BCUT2D eigenvalue weighted by Gasteiger charge is 2.53. The number of sulfonamides is 1. The van der Waals surface area contributed by atoms with Crippen molar-refractivity contribution in [2.24, 2.45) is 11.8 Å². The van der Waals surface area contributed by atoms with Crippen molar-refractivity contribution in [3.05, 3.63) is 64.1 Å². The van der Waals surface area contributed by atoms with Crippen LogP contribution in [0.25, 0.3) is 10.2 Å². The molecule has 13 nitrogen and oxygen atoms in total. The van der Waals surface area contributed by atoms with Crippen LogP contribution in [0.3, 0.4) is 0 Å². The fourth-order valence-electron chi connectivity index (χ4n) is 7.60. The monoisotopic (exact) mass is 815 g/mol. The molecule has 4 fully saturated rings. The third kappa shape index (κ3) is 9.08. The van der Waals surface area contributed by atoms with E-state index in [4.69, 9.17) is 18.9 Å². The van der Waals surface area contributed by atoms with Gasteiger partial charge in [-0.25, -0.2) is 27.6 Å². The second-order valence-corrected chi connectivity index (χ2v) is 19.7. The van der Waals surface area contributed by atoms with Gasteiger partial charge in [-0.3, -0.25) is 0 Å². The Bertz CT molecular complexity index is 2100. The Hall–Kier alpha value is -3.45. The van der Waals surface area contributed by atoms with Crippen molar-refractivity contribution in [1.29, 1.82) is 0 Å². The number of hydrogen-bond donors (Lipinski definition) is 3. The number of aromatic nitrogens is 2. The Balaban J connectivity index is 1.01. The molecule has 2 aromatic carbocycles. The van der Waals surface area contributed by atoms with E-state index in [1.165, 1.54) is 37.3 Å². The zero-order chi connectivity index (χ0) is 38.5. The number of ether oxygens (including phenoxy) is 4. The number of hydrogen-bond acceptors (Lipinski definition) is 13. The number of nitrogens with one attached hydrogen (secondary N) is 2. The number of aryl methyl sites for hydroxylation is 1. The molecule has 8 rings (SSSR count). The highest BCUT2D eigenvalue weighted by Crippen LogP contribution is 2.46. The van der Waals surface area contributed by atoms with Crippen LogP contribution < -0.4 is 15.4 Å². The van der Waals surface area contributed by atoms with Crippen molar-refractivity contribution in [1.82, 2.24) is 19.6 Å². The van der Waals surface area contributed by atoms with Gasteiger partial charge in [0.25, 0.3) is 0 Å². The number of rotatable bonds is 16. The first-order valence-electron chi connectivity index (χ1n) is 18.7. The summed E-state index contributed by atoms with van der Waals surface area (Å²) in [6.45, 7) is 4.20. The van der Waals surface area contributed by atoms with Gasteiger partial charge in [-0.05, 0) is 88.8 Å². The Morgan fingerprint density at radius 1 is 1.15 bits per heavy atom. The molecule has 2 saturated carbocycles. The predicted molar refractivity (Wildman–Crippen MR) is 206 cm³/mol. The van der Waals surface area contributed by atoms with Crippen molar-refractivity contribution in [3.63, 3.8) is 0 Å². The molecule has 2 saturated heterocycles. The van der Waals surface area contributed by atoms with Crippen LogP contribution in [0.5, 0.6) is 5.75 Å². The van der Waals surface area contributed by atoms with E-state index in [2.05, 4.69) is 20.6 Å². The molecular formula is C38H46FN5O8S3. The molecule has 55 heavy (non-hydrogen) atoms. The van der Waals surface area contributed by atoms with Crippen molar-refractivity contribution in [2.45, 2.75) is 107 Å². The second kappa shape index (κ2) is 15.5. The van der Waals surface area contributed by atoms with Crippen LogP contribution in [0, 0.1) is 18.8 Å². The standard InChI is InChI=1S/C38H46FN5O8S3/c1-21-40-26(19-53-21)18-49-27-8-4-22(5-9-27)12-30(43-37(46)52-34-24-13-23-14-32(34)51-35(23)50-17-24)31(45)16-44(20-38(2,3)39)55(47,48)28-10-11-29-33(15-28)54-36(42-29)41-25-6-7-25/h4-5,8-11,15,19,23-25,30-32,34-35,45H,6-7,12-14,16-18,20H2,1-3H3,(H,41,42)(H,43,46)/t23?,24?,30-,31+,32?,34?,35?/m0/s1. The van der Waals surface area contributed by atoms with E-state index in [1.54, 1.807) is 29.5 Å². The number of carbonyl (C=O) groups is 1. The lowest BCUT2D eigenvalue weighted by Crippen LogP contribution is -2.53. The van der Waals surface area contributed by atoms with Crippen LogP contribution in [0.15, 0.2) is 52.7 Å². The molecule has 296 valence electrons. The maximum atomic E-state index is 15.4. The fraction of sp³-hybridized carbons (Fsp3) is 0.553. The minimum Gasteiger partial charge on any atom is -0.487 e. The number of anilines is 1. The number of fused-ring (bicyclic) bond motifs is 3. The lowest BCUT2D eigenvalue weighted by atomic mass is 9.78. The van der Waals surface area contributed by atoms with Crippen LogP contribution in [-0.4, -0.2) is 95.9 Å². The zero-order valence-electron chi connectivity index (χ0n) is 30.9. The molecule has 17 heteroatoms. The first-order valence-corrected chi connectivity index (χ1v) is 21.8. The minimum atomic E-state index is -4.33. The third-order valence-corrected chi connectivity index (χ3v) is 14.0. The number of aliphatic hydroxyl groups excluding tert-OH is 1. The molecule has 4 heterocycles.